The standard InChI is InChI=1S/C29H32N4O7S2/c34-25-11-10-22(17-24(25)32-42(38,39)23-4-2-1-3-5-23)40-27(35)18-30-20-12-14-33(15-13-20)21-8-6-19(7-9-21)16-26-28(36)31-29(37)41-26/h1-11,17,20,26-27,30,32,34-35H,12-16,18H2,(H,31,36,37)/t26?,27-/m1/s1. The number of imide groups is 1. The first-order chi connectivity index (χ1) is 20.2. The number of nitrogens with zero attached hydrogens (tertiary/aromatic N) is 1. The van der Waals surface area contributed by atoms with Crippen LogP contribution < -0.4 is 25.0 Å². The average Bonchev–Trinajstić information content (AvgIpc) is 3.30. The van der Waals surface area contributed by atoms with Crippen LogP contribution in [-0.4, -0.2) is 67.0 Å². The highest BCUT2D eigenvalue weighted by Crippen LogP contribution is 2.31. The molecule has 42 heavy (non-hydrogen) atoms. The van der Waals surface area contributed by atoms with E-state index in [-0.39, 0.29) is 51.1 Å². The number of sulfonamides is 1. The largest absolute Gasteiger partial charge is 0.506 e. The Bertz CT molecular complexity index is 1510. The Morgan fingerprint density at radius 1 is 1.02 bits per heavy atom. The van der Waals surface area contributed by atoms with Gasteiger partial charge in [0.25, 0.3) is 15.3 Å². The fourth-order valence-corrected chi connectivity index (χ4v) is 6.81. The number of ether oxygens (including phenoxy) is 1. The molecule has 0 spiro atoms. The van der Waals surface area contributed by atoms with Gasteiger partial charge in [0, 0.05) is 30.9 Å². The van der Waals surface area contributed by atoms with Crippen molar-refractivity contribution in [3.8, 4) is 11.5 Å². The van der Waals surface area contributed by atoms with Gasteiger partial charge < -0.3 is 25.2 Å². The van der Waals surface area contributed by atoms with Crippen molar-refractivity contribution >= 4 is 44.3 Å². The van der Waals surface area contributed by atoms with Gasteiger partial charge in [-0.05, 0) is 61.2 Å². The molecule has 3 aromatic carbocycles. The van der Waals surface area contributed by atoms with Gasteiger partial charge in [0.2, 0.25) is 12.2 Å². The third kappa shape index (κ3) is 7.53. The van der Waals surface area contributed by atoms with E-state index in [4.69, 9.17) is 4.74 Å². The quantitative estimate of drug-likeness (QED) is 0.161. The molecule has 2 atom stereocenters. The van der Waals surface area contributed by atoms with Gasteiger partial charge in [-0.25, -0.2) is 8.42 Å². The Morgan fingerprint density at radius 2 is 1.74 bits per heavy atom. The van der Waals surface area contributed by atoms with Gasteiger partial charge in [0.05, 0.1) is 22.4 Å². The third-order valence-corrected chi connectivity index (χ3v) is 9.47. The molecule has 2 heterocycles. The molecule has 222 valence electrons. The number of aliphatic hydroxyl groups is 1. The molecule has 0 aliphatic carbocycles. The summed E-state index contributed by atoms with van der Waals surface area (Å²) < 4.78 is 33.2. The molecule has 0 aromatic heterocycles. The molecular weight excluding hydrogens is 580 g/mol. The molecule has 0 bridgehead atoms. The van der Waals surface area contributed by atoms with Crippen molar-refractivity contribution in [3.63, 3.8) is 0 Å². The van der Waals surface area contributed by atoms with E-state index in [2.05, 4.69) is 20.3 Å². The van der Waals surface area contributed by atoms with Crippen LogP contribution in [0.3, 0.4) is 0 Å². The third-order valence-electron chi connectivity index (χ3n) is 7.10. The number of phenolic OH excluding ortho intramolecular Hbond substituents is 1. The molecule has 2 aliphatic heterocycles. The normalized spacial score (nSPS) is 18.5. The Hall–Kier alpha value is -3.78. The number of rotatable bonds is 11. The molecule has 0 saturated carbocycles. The number of aromatic hydroxyl groups is 1. The molecule has 2 aliphatic rings. The van der Waals surface area contributed by atoms with Crippen LogP contribution in [0.5, 0.6) is 11.5 Å². The Balaban J connectivity index is 1.07. The summed E-state index contributed by atoms with van der Waals surface area (Å²) in [6.07, 6.45) is 1.04. The number of hydrogen-bond donors (Lipinski definition) is 5. The lowest BCUT2D eigenvalue weighted by Crippen LogP contribution is -2.45. The number of benzene rings is 3. The zero-order chi connectivity index (χ0) is 29.7. The van der Waals surface area contributed by atoms with E-state index < -0.39 is 16.3 Å². The summed E-state index contributed by atoms with van der Waals surface area (Å²) in [6.45, 7) is 1.82. The number of hydrogen-bond acceptors (Lipinski definition) is 10. The van der Waals surface area contributed by atoms with Gasteiger partial charge in [0.15, 0.2) is 0 Å². The van der Waals surface area contributed by atoms with Crippen LogP contribution in [0.1, 0.15) is 18.4 Å². The fourth-order valence-electron chi connectivity index (χ4n) is 4.87. The van der Waals surface area contributed by atoms with Crippen LogP contribution >= 0.6 is 11.8 Å². The second kappa shape index (κ2) is 13.0. The van der Waals surface area contributed by atoms with Crippen LogP contribution in [0.15, 0.2) is 77.7 Å². The SMILES string of the molecule is O=C1NC(=O)C(Cc2ccc(N3CCC(NC[C@H](O)Oc4ccc(O)c(NS(=O)(=O)c5ccccc5)c4)CC3)cc2)S1. The summed E-state index contributed by atoms with van der Waals surface area (Å²) in [6, 6.07) is 20.1. The van der Waals surface area contributed by atoms with Crippen molar-refractivity contribution in [2.24, 2.45) is 0 Å². The molecule has 3 aromatic rings. The minimum absolute atomic E-state index is 0.0516. The lowest BCUT2D eigenvalue weighted by molar-refractivity contribution is -0.118. The van der Waals surface area contributed by atoms with Crippen LogP contribution in [-0.2, 0) is 21.2 Å². The molecular formula is C29H32N4O7S2. The number of carbonyl (C=O) groups excluding carboxylic acids is 2. The predicted molar refractivity (Wildman–Crippen MR) is 160 cm³/mol. The zero-order valence-electron chi connectivity index (χ0n) is 22.6. The summed E-state index contributed by atoms with van der Waals surface area (Å²) >= 11 is 1.03. The van der Waals surface area contributed by atoms with Crippen molar-refractivity contribution < 1.29 is 33.0 Å². The number of thioether (sulfide) groups is 1. The van der Waals surface area contributed by atoms with Crippen LogP contribution in [0.4, 0.5) is 16.2 Å². The molecule has 2 fully saturated rings. The number of aliphatic hydroxyl groups excluding tert-OH is 1. The van der Waals surface area contributed by atoms with E-state index in [9.17, 15) is 28.2 Å². The minimum Gasteiger partial charge on any atom is -0.506 e. The minimum atomic E-state index is -3.91. The molecule has 11 nitrogen and oxygen atoms in total. The fraction of sp³-hybridized carbons (Fsp3) is 0.310. The molecule has 0 radical (unpaired) electrons. The highest BCUT2D eigenvalue weighted by molar-refractivity contribution is 8.15. The van der Waals surface area contributed by atoms with Gasteiger partial charge in [0.1, 0.15) is 11.5 Å². The second-order valence-corrected chi connectivity index (χ2v) is 13.0. The summed E-state index contributed by atoms with van der Waals surface area (Å²) in [7, 11) is -3.91. The number of carbonyl (C=O) groups is 2. The smallest absolute Gasteiger partial charge is 0.286 e. The molecule has 5 rings (SSSR count). The highest BCUT2D eigenvalue weighted by atomic mass is 32.2. The number of anilines is 2. The maximum atomic E-state index is 12.6. The predicted octanol–water partition coefficient (Wildman–Crippen LogP) is 3.04. The van der Waals surface area contributed by atoms with E-state index in [0.717, 1.165) is 48.9 Å². The van der Waals surface area contributed by atoms with Crippen molar-refractivity contribution in [1.29, 1.82) is 0 Å². The number of phenols is 1. The van der Waals surface area contributed by atoms with E-state index in [0.29, 0.717) is 6.42 Å². The molecule has 5 N–H and O–H groups in total. The lowest BCUT2D eigenvalue weighted by atomic mass is 10.0. The first-order valence-corrected chi connectivity index (χ1v) is 15.9. The maximum absolute atomic E-state index is 12.6. The summed E-state index contributed by atoms with van der Waals surface area (Å²) in [5.74, 6) is -0.310. The Morgan fingerprint density at radius 3 is 2.40 bits per heavy atom. The summed E-state index contributed by atoms with van der Waals surface area (Å²) in [5.41, 5.74) is 2.03. The maximum Gasteiger partial charge on any atom is 0.286 e. The summed E-state index contributed by atoms with van der Waals surface area (Å²) in [5, 5.41) is 25.6. The highest BCUT2D eigenvalue weighted by Gasteiger charge is 2.31. The molecule has 2 saturated heterocycles. The molecule has 2 amide bonds. The van der Waals surface area contributed by atoms with Gasteiger partial charge in [-0.1, -0.05) is 42.1 Å². The first-order valence-electron chi connectivity index (χ1n) is 13.5. The monoisotopic (exact) mass is 612 g/mol. The Labute approximate surface area is 248 Å². The van der Waals surface area contributed by atoms with Gasteiger partial charge in [-0.15, -0.1) is 0 Å². The molecule has 13 heteroatoms. The topological polar surface area (TPSA) is 157 Å². The second-order valence-electron chi connectivity index (χ2n) is 10.1. The first kappa shape index (κ1) is 29.7. The van der Waals surface area contributed by atoms with E-state index in [1.54, 1.807) is 18.2 Å². The average molecular weight is 613 g/mol. The van der Waals surface area contributed by atoms with Gasteiger partial charge >= 0.3 is 0 Å². The zero-order valence-corrected chi connectivity index (χ0v) is 24.2. The number of piperidine rings is 1. The van der Waals surface area contributed by atoms with Gasteiger partial charge in [-0.3, -0.25) is 19.6 Å². The number of amides is 2. The molecule has 1 unspecified atom stereocenters. The van der Waals surface area contributed by atoms with E-state index in [1.165, 1.54) is 30.3 Å². The van der Waals surface area contributed by atoms with Crippen molar-refractivity contribution in [2.45, 2.75) is 41.7 Å². The summed E-state index contributed by atoms with van der Waals surface area (Å²) in [4.78, 5) is 25.5. The van der Waals surface area contributed by atoms with Crippen molar-refractivity contribution in [1.82, 2.24) is 10.6 Å². The van der Waals surface area contributed by atoms with Crippen LogP contribution in [0, 0.1) is 0 Å². The lowest BCUT2D eigenvalue weighted by Gasteiger charge is -2.34. The van der Waals surface area contributed by atoms with E-state index in [1.807, 2.05) is 24.3 Å². The van der Waals surface area contributed by atoms with E-state index >= 15 is 0 Å². The van der Waals surface area contributed by atoms with Crippen LogP contribution in [0.25, 0.3) is 0 Å². The Kier molecular flexibility index (Phi) is 9.21. The van der Waals surface area contributed by atoms with Crippen molar-refractivity contribution in [3.05, 3.63) is 78.4 Å². The number of nitrogens with one attached hydrogen (secondary N) is 3. The van der Waals surface area contributed by atoms with Crippen molar-refractivity contribution in [2.75, 3.05) is 29.3 Å². The van der Waals surface area contributed by atoms with Crippen LogP contribution in [0.2, 0.25) is 0 Å². The van der Waals surface area contributed by atoms with Gasteiger partial charge in [-0.2, -0.15) is 0 Å².